The summed E-state index contributed by atoms with van der Waals surface area (Å²) in [6, 6.07) is 2.62. The van der Waals surface area contributed by atoms with Gasteiger partial charge in [-0.15, -0.1) is 0 Å². The Morgan fingerprint density at radius 2 is 1.80 bits per heavy atom. The van der Waals surface area contributed by atoms with E-state index in [1.165, 1.54) is 20.7 Å². The van der Waals surface area contributed by atoms with Gasteiger partial charge in [-0.2, -0.15) is 18.3 Å². The zero-order valence-corrected chi connectivity index (χ0v) is 23.0. The highest BCUT2D eigenvalue weighted by molar-refractivity contribution is 5.69. The van der Waals surface area contributed by atoms with Crippen molar-refractivity contribution in [2.24, 2.45) is 0 Å². The minimum absolute atomic E-state index is 0.0144. The molecule has 14 heteroatoms. The van der Waals surface area contributed by atoms with Gasteiger partial charge in [-0.25, -0.2) is 28.4 Å². The Morgan fingerprint density at radius 3 is 2.29 bits per heavy atom. The first-order valence-corrected chi connectivity index (χ1v) is 12.9. The standard InChI is InChI=1S/C27H30F4N6O4/c1-18(19-5-6-23(32-11-19)37-13-20(28)12-33-37)35-14-21(15-38)36(17-27(29,30)31)26(22(35)16-39)7-9-34(10-8-26)24(40)41-25(2,3)4/h5-6,11-13,18H,7-10,14,17H2,1-4H3. The van der Waals surface area contributed by atoms with E-state index in [1.807, 2.05) is 5.94 Å². The third-order valence-electron chi connectivity index (χ3n) is 7.19. The van der Waals surface area contributed by atoms with Gasteiger partial charge in [-0.1, -0.05) is 6.07 Å². The quantitative estimate of drug-likeness (QED) is 0.399. The van der Waals surface area contributed by atoms with Gasteiger partial charge in [0, 0.05) is 19.3 Å². The van der Waals surface area contributed by atoms with E-state index in [9.17, 15) is 31.9 Å². The number of alkyl halides is 3. The van der Waals surface area contributed by atoms with Crippen molar-refractivity contribution in [1.29, 1.82) is 0 Å². The molecule has 2 aromatic rings. The number of aromatic nitrogens is 3. The molecule has 4 heterocycles. The molecule has 0 aliphatic carbocycles. The molecule has 4 rings (SSSR count). The highest BCUT2D eigenvalue weighted by atomic mass is 19.4. The second-order valence-corrected chi connectivity index (χ2v) is 11.1. The van der Waals surface area contributed by atoms with Crippen molar-refractivity contribution < 1.29 is 36.7 Å². The summed E-state index contributed by atoms with van der Waals surface area (Å²) in [6.07, 6.45) is -1.82. The summed E-state index contributed by atoms with van der Waals surface area (Å²) in [5, 5.41) is 3.86. The molecule has 1 unspecified atom stereocenters. The zero-order chi connectivity index (χ0) is 30.2. The number of piperazine rings is 1. The molecule has 0 N–H and O–H groups in total. The molecule has 1 spiro atoms. The number of likely N-dealkylation sites (tertiary alicyclic amines) is 1. The molecule has 0 bridgehead atoms. The average Bonchev–Trinajstić information content (AvgIpc) is 3.34. The second-order valence-electron chi connectivity index (χ2n) is 11.1. The SMILES string of the molecule is CC(c1ccc(-n2cc(F)cn2)nc1)N1CC(=C=O)N(CC(F)(F)F)C2(CCN(C(=O)OC(C)(C)C)CC2)C1=C=O. The monoisotopic (exact) mass is 578 g/mol. The van der Waals surface area contributed by atoms with Crippen molar-refractivity contribution in [3.63, 3.8) is 0 Å². The van der Waals surface area contributed by atoms with Gasteiger partial charge in [-0.05, 0) is 52.2 Å². The van der Waals surface area contributed by atoms with E-state index in [1.54, 1.807) is 45.8 Å². The van der Waals surface area contributed by atoms with E-state index in [0.717, 1.165) is 17.3 Å². The van der Waals surface area contributed by atoms with Crippen molar-refractivity contribution in [3.05, 3.63) is 53.5 Å². The first-order chi connectivity index (χ1) is 19.2. The van der Waals surface area contributed by atoms with Gasteiger partial charge < -0.3 is 19.4 Å². The zero-order valence-electron chi connectivity index (χ0n) is 23.0. The Balaban J connectivity index is 1.68. The molecule has 2 fully saturated rings. The molecule has 10 nitrogen and oxygen atoms in total. The van der Waals surface area contributed by atoms with Gasteiger partial charge in [0.25, 0.3) is 0 Å². The lowest BCUT2D eigenvalue weighted by atomic mass is 9.79. The van der Waals surface area contributed by atoms with Crippen molar-refractivity contribution in [1.82, 2.24) is 29.5 Å². The van der Waals surface area contributed by atoms with E-state index in [0.29, 0.717) is 11.4 Å². The van der Waals surface area contributed by atoms with Crippen LogP contribution in [0.15, 0.2) is 42.1 Å². The fourth-order valence-electron chi connectivity index (χ4n) is 5.26. The van der Waals surface area contributed by atoms with Crippen LogP contribution in [0.25, 0.3) is 5.82 Å². The highest BCUT2D eigenvalue weighted by Crippen LogP contribution is 2.46. The molecule has 0 aromatic carbocycles. The lowest BCUT2D eigenvalue weighted by Gasteiger charge is -2.56. The van der Waals surface area contributed by atoms with Gasteiger partial charge in [-0.3, -0.25) is 0 Å². The van der Waals surface area contributed by atoms with Crippen molar-refractivity contribution in [2.45, 2.75) is 63.9 Å². The number of ether oxygens (including phenoxy) is 1. The average molecular weight is 579 g/mol. The van der Waals surface area contributed by atoms with E-state index in [2.05, 4.69) is 10.1 Å². The Morgan fingerprint density at radius 1 is 1.12 bits per heavy atom. The number of carbonyl (C=O) groups is 1. The minimum atomic E-state index is -4.69. The molecule has 2 aromatic heterocycles. The van der Waals surface area contributed by atoms with Crippen LogP contribution in [0, 0.1) is 5.82 Å². The first kappa shape index (κ1) is 29.8. The molecule has 220 valence electrons. The van der Waals surface area contributed by atoms with Gasteiger partial charge in [0.2, 0.25) is 0 Å². The van der Waals surface area contributed by atoms with Gasteiger partial charge in [0.05, 0.1) is 30.5 Å². The number of hydrogen-bond acceptors (Lipinski definition) is 8. The highest BCUT2D eigenvalue weighted by Gasteiger charge is 2.54. The maximum Gasteiger partial charge on any atom is 0.410 e. The smallest absolute Gasteiger partial charge is 0.410 e. The summed E-state index contributed by atoms with van der Waals surface area (Å²) in [6.45, 7) is 4.98. The minimum Gasteiger partial charge on any atom is -0.444 e. The van der Waals surface area contributed by atoms with Crippen LogP contribution in [0.1, 0.15) is 52.1 Å². The fraction of sp³-hybridized carbons (Fsp3) is 0.519. The van der Waals surface area contributed by atoms with Crippen LogP contribution in [-0.4, -0.2) is 90.9 Å². The summed E-state index contributed by atoms with van der Waals surface area (Å²) in [4.78, 5) is 45.4. The molecule has 0 saturated carbocycles. The molecule has 2 aliphatic heterocycles. The number of rotatable bonds is 4. The molecule has 1 atom stereocenters. The van der Waals surface area contributed by atoms with Crippen LogP contribution in [0.4, 0.5) is 22.4 Å². The normalized spacial score (nSPS) is 18.3. The predicted octanol–water partition coefficient (Wildman–Crippen LogP) is 3.85. The maximum absolute atomic E-state index is 13.8. The van der Waals surface area contributed by atoms with Crippen molar-refractivity contribution in [3.8, 4) is 5.82 Å². The van der Waals surface area contributed by atoms with E-state index in [4.69, 9.17) is 4.74 Å². The van der Waals surface area contributed by atoms with Crippen molar-refractivity contribution in [2.75, 3.05) is 26.2 Å². The summed E-state index contributed by atoms with van der Waals surface area (Å²) in [5.74, 6) is 3.33. The second kappa shape index (κ2) is 11.0. The number of amides is 1. The Kier molecular flexibility index (Phi) is 8.02. The number of nitrogens with zero attached hydrogens (tertiary/aromatic N) is 6. The van der Waals surface area contributed by atoms with Crippen molar-refractivity contribution >= 4 is 18.0 Å². The Hall–Kier alpha value is -4.15. The predicted molar refractivity (Wildman–Crippen MR) is 137 cm³/mol. The molecule has 0 radical (unpaired) electrons. The van der Waals surface area contributed by atoms with Gasteiger partial charge >= 0.3 is 12.3 Å². The van der Waals surface area contributed by atoms with Crippen LogP contribution in [0.3, 0.4) is 0 Å². The summed E-state index contributed by atoms with van der Waals surface area (Å²) >= 11 is 0. The molecule has 1 amide bonds. The number of piperidine rings is 1. The number of pyridine rings is 1. The third-order valence-corrected chi connectivity index (χ3v) is 7.19. The van der Waals surface area contributed by atoms with Gasteiger partial charge in [0.15, 0.2) is 11.6 Å². The molecule has 2 aliphatic rings. The topological polar surface area (TPSA) is 101 Å². The lowest BCUT2D eigenvalue weighted by Crippen LogP contribution is -2.65. The lowest BCUT2D eigenvalue weighted by molar-refractivity contribution is -0.159. The molecular formula is C27H30F4N6O4. The third kappa shape index (κ3) is 6.28. The van der Waals surface area contributed by atoms with Crippen LogP contribution in [0.2, 0.25) is 0 Å². The van der Waals surface area contributed by atoms with Crippen LogP contribution in [0.5, 0.6) is 0 Å². The Bertz CT molecular complexity index is 1380. The van der Waals surface area contributed by atoms with E-state index < -0.39 is 41.8 Å². The Labute approximate surface area is 233 Å². The summed E-state index contributed by atoms with van der Waals surface area (Å²) in [7, 11) is 0. The van der Waals surface area contributed by atoms with E-state index in [-0.39, 0.29) is 43.9 Å². The fourth-order valence-corrected chi connectivity index (χ4v) is 5.26. The van der Waals surface area contributed by atoms with Gasteiger partial charge in [0.1, 0.15) is 35.4 Å². The van der Waals surface area contributed by atoms with Crippen LogP contribution >= 0.6 is 0 Å². The molecule has 41 heavy (non-hydrogen) atoms. The molecular weight excluding hydrogens is 548 g/mol. The first-order valence-electron chi connectivity index (χ1n) is 12.9. The van der Waals surface area contributed by atoms with Crippen LogP contribution < -0.4 is 0 Å². The summed E-state index contributed by atoms with van der Waals surface area (Å²) in [5.41, 5.74) is -2.10. The maximum atomic E-state index is 13.8. The largest absolute Gasteiger partial charge is 0.444 e. The molecule has 2 saturated heterocycles. The van der Waals surface area contributed by atoms with Crippen LogP contribution in [-0.2, 0) is 14.3 Å². The summed E-state index contributed by atoms with van der Waals surface area (Å²) < 4.78 is 61.4. The number of halogens is 4. The number of hydrogen-bond donors (Lipinski definition) is 0. The van der Waals surface area contributed by atoms with E-state index >= 15 is 0 Å². The number of carbonyl (C=O) groups excluding carboxylic acids is 3.